The molecule has 0 atom stereocenters. The summed E-state index contributed by atoms with van der Waals surface area (Å²) in [5.74, 6) is -0.895. The van der Waals surface area contributed by atoms with E-state index in [4.69, 9.17) is 5.11 Å². The van der Waals surface area contributed by atoms with Gasteiger partial charge in [0.15, 0.2) is 0 Å². The molecule has 1 aromatic rings. The quantitative estimate of drug-likeness (QED) is 0.740. The van der Waals surface area contributed by atoms with Crippen LogP contribution in [-0.4, -0.2) is 47.7 Å². The highest BCUT2D eigenvalue weighted by atomic mass is 16.5. The summed E-state index contributed by atoms with van der Waals surface area (Å²) < 4.78 is 4.52. The Labute approximate surface area is 104 Å². The number of hydrogen-bond acceptors (Lipinski definition) is 6. The van der Waals surface area contributed by atoms with Crippen LogP contribution >= 0.6 is 0 Å². The highest BCUT2D eigenvalue weighted by molar-refractivity contribution is 5.85. The van der Waals surface area contributed by atoms with Crippen LogP contribution in [0.3, 0.4) is 0 Å². The van der Waals surface area contributed by atoms with Gasteiger partial charge in [0.2, 0.25) is 5.82 Å². The maximum absolute atomic E-state index is 11.2. The van der Waals surface area contributed by atoms with Crippen molar-refractivity contribution in [3.05, 3.63) is 18.1 Å². The van der Waals surface area contributed by atoms with Crippen LogP contribution in [-0.2, 0) is 9.53 Å². The van der Waals surface area contributed by atoms with E-state index in [-0.39, 0.29) is 12.2 Å². The number of nitrogens with zero attached hydrogens (tertiary/aromatic N) is 3. The number of carbonyl (C=O) groups is 2. The maximum Gasteiger partial charge on any atom is 0.376 e. The molecule has 7 heteroatoms. The summed E-state index contributed by atoms with van der Waals surface area (Å²) in [5.41, 5.74) is 0. The molecule has 0 saturated heterocycles. The number of aromatic nitrogens is 2. The van der Waals surface area contributed by atoms with E-state index >= 15 is 0 Å². The number of aliphatic carboxylic acids is 1. The summed E-state index contributed by atoms with van der Waals surface area (Å²) in [6.07, 6.45) is 2.06. The molecule has 0 radical (unpaired) electrons. The summed E-state index contributed by atoms with van der Waals surface area (Å²) in [6, 6.07) is 1.65. The first-order valence-electron chi connectivity index (χ1n) is 5.39. The van der Waals surface area contributed by atoms with E-state index in [1.807, 2.05) is 0 Å². The fourth-order valence-electron chi connectivity index (χ4n) is 1.33. The number of anilines is 1. The average molecular weight is 253 g/mol. The van der Waals surface area contributed by atoms with Crippen LogP contribution in [0.25, 0.3) is 0 Å². The number of carboxylic acid groups (broad SMARTS) is 1. The first-order chi connectivity index (χ1) is 8.54. The molecule has 18 heavy (non-hydrogen) atoms. The van der Waals surface area contributed by atoms with Crippen LogP contribution in [0.15, 0.2) is 12.3 Å². The van der Waals surface area contributed by atoms with Crippen LogP contribution in [0.2, 0.25) is 0 Å². The average Bonchev–Trinajstić information content (AvgIpc) is 2.37. The minimum atomic E-state index is -0.832. The maximum atomic E-state index is 11.2. The monoisotopic (exact) mass is 253 g/mol. The van der Waals surface area contributed by atoms with Crippen LogP contribution in [0.5, 0.6) is 0 Å². The molecule has 1 rings (SSSR count). The summed E-state index contributed by atoms with van der Waals surface area (Å²) in [4.78, 5) is 31.2. The Kier molecular flexibility index (Phi) is 5.04. The van der Waals surface area contributed by atoms with E-state index in [9.17, 15) is 9.59 Å². The molecule has 1 N–H and O–H groups in total. The van der Waals surface area contributed by atoms with Crippen LogP contribution in [0, 0.1) is 0 Å². The molecule has 0 aliphatic rings. The lowest BCUT2D eigenvalue weighted by atomic mass is 10.3. The summed E-state index contributed by atoms with van der Waals surface area (Å²) in [5, 5.41) is 8.54. The van der Waals surface area contributed by atoms with E-state index in [2.05, 4.69) is 14.7 Å². The van der Waals surface area contributed by atoms with E-state index in [1.165, 1.54) is 13.3 Å². The van der Waals surface area contributed by atoms with Gasteiger partial charge in [-0.05, 0) is 12.5 Å². The van der Waals surface area contributed by atoms with Crippen molar-refractivity contribution in [2.75, 3.05) is 25.6 Å². The number of carboxylic acids is 1. The molecule has 1 aromatic heterocycles. The van der Waals surface area contributed by atoms with Gasteiger partial charge in [0, 0.05) is 26.2 Å². The predicted octanol–water partition coefficient (Wildman–Crippen LogP) is 0.564. The van der Waals surface area contributed by atoms with Crippen molar-refractivity contribution in [3.8, 4) is 0 Å². The number of ether oxygens (including phenoxy) is 1. The smallest absolute Gasteiger partial charge is 0.376 e. The third-order valence-electron chi connectivity index (χ3n) is 2.28. The summed E-state index contributed by atoms with van der Waals surface area (Å²) in [7, 11) is 3.03. The minimum absolute atomic E-state index is 0.0138. The zero-order chi connectivity index (χ0) is 13.5. The van der Waals surface area contributed by atoms with Gasteiger partial charge >= 0.3 is 11.9 Å². The van der Waals surface area contributed by atoms with Crippen LogP contribution in [0.1, 0.15) is 23.5 Å². The Bertz CT molecular complexity index is 436. The topological polar surface area (TPSA) is 92.6 Å². The third kappa shape index (κ3) is 4.00. The second kappa shape index (κ2) is 6.53. The molecule has 0 saturated carbocycles. The first-order valence-corrected chi connectivity index (χ1v) is 5.39. The van der Waals surface area contributed by atoms with Crippen molar-refractivity contribution >= 4 is 17.8 Å². The third-order valence-corrected chi connectivity index (χ3v) is 2.28. The lowest BCUT2D eigenvalue weighted by Crippen LogP contribution is -2.21. The van der Waals surface area contributed by atoms with Gasteiger partial charge in [-0.1, -0.05) is 0 Å². The van der Waals surface area contributed by atoms with Gasteiger partial charge in [-0.3, -0.25) is 4.79 Å². The van der Waals surface area contributed by atoms with E-state index in [0.29, 0.717) is 18.8 Å². The lowest BCUT2D eigenvalue weighted by molar-refractivity contribution is -0.137. The van der Waals surface area contributed by atoms with Crippen molar-refractivity contribution in [1.82, 2.24) is 9.97 Å². The SMILES string of the molecule is COC(=O)c1nccc(N(C)CCCC(=O)O)n1. The van der Waals surface area contributed by atoms with E-state index in [1.54, 1.807) is 18.0 Å². The molecule has 0 aromatic carbocycles. The second-order valence-corrected chi connectivity index (χ2v) is 3.65. The van der Waals surface area contributed by atoms with Crippen molar-refractivity contribution in [3.63, 3.8) is 0 Å². The molecule has 0 spiro atoms. The number of rotatable bonds is 6. The highest BCUT2D eigenvalue weighted by Crippen LogP contribution is 2.09. The summed E-state index contributed by atoms with van der Waals surface area (Å²) >= 11 is 0. The first kappa shape index (κ1) is 13.9. The number of esters is 1. The minimum Gasteiger partial charge on any atom is -0.481 e. The van der Waals surface area contributed by atoms with Gasteiger partial charge in [-0.15, -0.1) is 0 Å². The molecule has 98 valence electrons. The molecule has 0 fully saturated rings. The van der Waals surface area contributed by atoms with Gasteiger partial charge in [-0.2, -0.15) is 0 Å². The fourth-order valence-corrected chi connectivity index (χ4v) is 1.33. The van der Waals surface area contributed by atoms with Crippen LogP contribution in [0.4, 0.5) is 5.82 Å². The Morgan fingerprint density at radius 2 is 2.22 bits per heavy atom. The molecule has 7 nitrogen and oxygen atoms in total. The number of methoxy groups -OCH3 is 1. The molecule has 1 heterocycles. The zero-order valence-electron chi connectivity index (χ0n) is 10.3. The number of carbonyl (C=O) groups excluding carboxylic acids is 1. The molecule has 0 aliphatic heterocycles. The van der Waals surface area contributed by atoms with Crippen molar-refractivity contribution in [2.45, 2.75) is 12.8 Å². The Morgan fingerprint density at radius 3 is 2.83 bits per heavy atom. The van der Waals surface area contributed by atoms with Gasteiger partial charge in [-0.25, -0.2) is 14.8 Å². The van der Waals surface area contributed by atoms with Gasteiger partial charge in [0.25, 0.3) is 0 Å². The molecule has 0 unspecified atom stereocenters. The molecule has 0 bridgehead atoms. The van der Waals surface area contributed by atoms with E-state index < -0.39 is 11.9 Å². The van der Waals surface area contributed by atoms with Crippen LogP contribution < -0.4 is 4.90 Å². The second-order valence-electron chi connectivity index (χ2n) is 3.65. The largest absolute Gasteiger partial charge is 0.481 e. The fraction of sp³-hybridized carbons (Fsp3) is 0.455. The van der Waals surface area contributed by atoms with Crippen molar-refractivity contribution < 1.29 is 19.4 Å². The standard InChI is InChI=1S/C11H15N3O4/c1-14(7-3-4-9(15)16)8-5-6-12-10(13-8)11(17)18-2/h5-6H,3-4,7H2,1-2H3,(H,15,16). The number of hydrogen-bond donors (Lipinski definition) is 1. The molecule has 0 amide bonds. The lowest BCUT2D eigenvalue weighted by Gasteiger charge is -2.17. The Morgan fingerprint density at radius 1 is 1.50 bits per heavy atom. The predicted molar refractivity (Wildman–Crippen MR) is 63.5 cm³/mol. The van der Waals surface area contributed by atoms with Gasteiger partial charge in [0.05, 0.1) is 7.11 Å². The molecular weight excluding hydrogens is 238 g/mol. The van der Waals surface area contributed by atoms with Crippen molar-refractivity contribution in [2.24, 2.45) is 0 Å². The van der Waals surface area contributed by atoms with Gasteiger partial charge < -0.3 is 14.7 Å². The normalized spacial score (nSPS) is 9.89. The Balaban J connectivity index is 2.65. The van der Waals surface area contributed by atoms with Crippen molar-refractivity contribution in [1.29, 1.82) is 0 Å². The zero-order valence-corrected chi connectivity index (χ0v) is 10.3. The van der Waals surface area contributed by atoms with Gasteiger partial charge in [0.1, 0.15) is 5.82 Å². The summed E-state index contributed by atoms with van der Waals surface area (Å²) in [6.45, 7) is 0.532. The molecule has 0 aliphatic carbocycles. The Hall–Kier alpha value is -2.18. The molecular formula is C11H15N3O4. The van der Waals surface area contributed by atoms with E-state index in [0.717, 1.165) is 0 Å². The highest BCUT2D eigenvalue weighted by Gasteiger charge is 2.11.